The molecule has 8 nitrogen and oxygen atoms in total. The minimum absolute atomic E-state index is 0.0568. The molecule has 28 heavy (non-hydrogen) atoms. The first-order valence-corrected chi connectivity index (χ1v) is 10.7. The monoisotopic (exact) mass is 403 g/mol. The molecule has 9 heteroatoms. The molecule has 2 aliphatic heterocycles. The topological polar surface area (TPSA) is 78.8 Å². The van der Waals surface area contributed by atoms with Crippen LogP contribution in [0.1, 0.15) is 22.2 Å². The van der Waals surface area contributed by atoms with E-state index in [0.717, 1.165) is 5.56 Å². The Labute approximate surface area is 165 Å². The van der Waals surface area contributed by atoms with E-state index in [1.54, 1.807) is 42.4 Å². The Kier molecular flexibility index (Phi) is 4.76. The normalized spacial score (nSPS) is 25.4. The van der Waals surface area contributed by atoms with E-state index in [1.807, 2.05) is 35.2 Å². The van der Waals surface area contributed by atoms with E-state index in [4.69, 9.17) is 0 Å². The van der Waals surface area contributed by atoms with Crippen LogP contribution in [0, 0.1) is 11.8 Å². The number of carbonyl (C=O) groups excluding carboxylic acids is 1. The van der Waals surface area contributed by atoms with Crippen LogP contribution >= 0.6 is 0 Å². The third kappa shape index (κ3) is 3.03. The summed E-state index contributed by atoms with van der Waals surface area (Å²) in [6, 6.07) is 9.43. The summed E-state index contributed by atoms with van der Waals surface area (Å²) in [4.78, 5) is 18.9. The van der Waals surface area contributed by atoms with Crippen molar-refractivity contribution in [2.75, 3.05) is 33.7 Å². The van der Waals surface area contributed by atoms with Crippen molar-refractivity contribution in [1.29, 1.82) is 0 Å². The van der Waals surface area contributed by atoms with Crippen LogP contribution in [0.4, 0.5) is 0 Å². The maximum Gasteiger partial charge on any atom is 0.289 e. The molecular formula is C19H25N5O3S. The number of fused-ring (bicyclic) bond motifs is 1. The Bertz CT molecular complexity index is 972. The Morgan fingerprint density at radius 3 is 2.46 bits per heavy atom. The number of hydrogen-bond donors (Lipinski definition) is 0. The highest BCUT2D eigenvalue weighted by Crippen LogP contribution is 2.46. The van der Waals surface area contributed by atoms with Gasteiger partial charge in [0.2, 0.25) is 0 Å². The summed E-state index contributed by atoms with van der Waals surface area (Å²) in [7, 11) is 1.36. The molecule has 0 saturated carbocycles. The van der Waals surface area contributed by atoms with Crippen molar-refractivity contribution in [3.05, 3.63) is 54.1 Å². The fraction of sp³-hybridized carbons (Fsp3) is 0.474. The van der Waals surface area contributed by atoms with E-state index in [2.05, 4.69) is 4.98 Å². The molecule has 1 aromatic heterocycles. The average molecular weight is 404 g/mol. The Morgan fingerprint density at radius 1 is 1.14 bits per heavy atom. The van der Waals surface area contributed by atoms with Gasteiger partial charge in [0.15, 0.2) is 5.82 Å². The summed E-state index contributed by atoms with van der Waals surface area (Å²) in [5.74, 6) is 0.468. The second kappa shape index (κ2) is 6.98. The van der Waals surface area contributed by atoms with Gasteiger partial charge in [0.05, 0.1) is 6.04 Å². The second-order valence-corrected chi connectivity index (χ2v) is 9.81. The summed E-state index contributed by atoms with van der Waals surface area (Å²) in [6.07, 6.45) is 3.37. The predicted octanol–water partition coefficient (Wildman–Crippen LogP) is 0.972. The third-order valence-corrected chi connectivity index (χ3v) is 7.71. The average Bonchev–Trinajstić information content (AvgIpc) is 3.35. The SMILES string of the molecule is CN(C)S(=O)(=O)N1C[C@@H]2CN(C(=O)c3nccn3C)C[C@@H]2[C@H]1c1ccccc1. The lowest BCUT2D eigenvalue weighted by atomic mass is 9.90. The maximum absolute atomic E-state index is 13.0. The zero-order valence-corrected chi connectivity index (χ0v) is 17.1. The van der Waals surface area contributed by atoms with Gasteiger partial charge in [-0.15, -0.1) is 0 Å². The number of rotatable bonds is 4. The van der Waals surface area contributed by atoms with E-state index in [9.17, 15) is 13.2 Å². The second-order valence-electron chi connectivity index (χ2n) is 7.71. The summed E-state index contributed by atoms with van der Waals surface area (Å²) >= 11 is 0. The van der Waals surface area contributed by atoms with Gasteiger partial charge in [0.1, 0.15) is 0 Å². The molecule has 0 N–H and O–H groups in total. The zero-order valence-electron chi connectivity index (χ0n) is 16.3. The number of imidazole rings is 1. The number of likely N-dealkylation sites (tertiary alicyclic amines) is 1. The largest absolute Gasteiger partial charge is 0.335 e. The fourth-order valence-electron chi connectivity index (χ4n) is 4.40. The lowest BCUT2D eigenvalue weighted by molar-refractivity contribution is 0.0757. The lowest BCUT2D eigenvalue weighted by Gasteiger charge is -2.31. The number of amides is 1. The molecule has 0 unspecified atom stereocenters. The molecule has 0 bridgehead atoms. The van der Waals surface area contributed by atoms with Crippen molar-refractivity contribution < 1.29 is 13.2 Å². The molecular weight excluding hydrogens is 378 g/mol. The van der Waals surface area contributed by atoms with E-state index in [0.29, 0.717) is 25.5 Å². The van der Waals surface area contributed by atoms with Gasteiger partial charge in [0.25, 0.3) is 16.1 Å². The maximum atomic E-state index is 13.0. The van der Waals surface area contributed by atoms with Gasteiger partial charge in [-0.2, -0.15) is 17.0 Å². The Hall–Kier alpha value is -2.23. The molecule has 2 fully saturated rings. The van der Waals surface area contributed by atoms with Crippen LogP contribution in [0.15, 0.2) is 42.7 Å². The van der Waals surface area contributed by atoms with Crippen LogP contribution in [0.5, 0.6) is 0 Å². The van der Waals surface area contributed by atoms with Crippen LogP contribution in [-0.2, 0) is 17.3 Å². The minimum Gasteiger partial charge on any atom is -0.335 e. The Balaban J connectivity index is 1.65. The lowest BCUT2D eigenvalue weighted by Crippen LogP contribution is -2.42. The number of aromatic nitrogens is 2. The highest BCUT2D eigenvalue weighted by atomic mass is 32.2. The molecule has 2 aromatic rings. The van der Waals surface area contributed by atoms with Crippen LogP contribution < -0.4 is 0 Å². The fourth-order valence-corrected chi connectivity index (χ4v) is 5.76. The molecule has 2 aliphatic rings. The first-order chi connectivity index (χ1) is 13.3. The highest BCUT2D eigenvalue weighted by Gasteiger charge is 2.52. The van der Waals surface area contributed by atoms with Gasteiger partial charge in [-0.25, -0.2) is 4.98 Å². The predicted molar refractivity (Wildman–Crippen MR) is 105 cm³/mol. The van der Waals surface area contributed by atoms with Gasteiger partial charge >= 0.3 is 0 Å². The van der Waals surface area contributed by atoms with Crippen LogP contribution in [0.2, 0.25) is 0 Å². The van der Waals surface area contributed by atoms with Crippen LogP contribution in [-0.4, -0.2) is 71.1 Å². The van der Waals surface area contributed by atoms with Gasteiger partial charge in [-0.05, 0) is 11.5 Å². The summed E-state index contributed by atoms with van der Waals surface area (Å²) < 4.78 is 30.5. The third-order valence-electron chi connectivity index (χ3n) is 5.82. The first-order valence-electron chi connectivity index (χ1n) is 9.31. The number of carbonyl (C=O) groups is 1. The van der Waals surface area contributed by atoms with E-state index >= 15 is 0 Å². The molecule has 1 amide bonds. The van der Waals surface area contributed by atoms with Crippen molar-refractivity contribution >= 4 is 16.1 Å². The molecule has 150 valence electrons. The molecule has 3 atom stereocenters. The van der Waals surface area contributed by atoms with Crippen molar-refractivity contribution in [2.24, 2.45) is 18.9 Å². The first kappa shape index (κ1) is 19.1. The van der Waals surface area contributed by atoms with Crippen LogP contribution in [0.3, 0.4) is 0 Å². The number of benzene rings is 1. The number of aryl methyl sites for hydroxylation is 1. The molecule has 3 heterocycles. The molecule has 0 radical (unpaired) electrons. The Morgan fingerprint density at radius 2 is 1.86 bits per heavy atom. The quantitative estimate of drug-likeness (QED) is 0.762. The summed E-state index contributed by atoms with van der Waals surface area (Å²) in [6.45, 7) is 1.48. The van der Waals surface area contributed by atoms with Crippen molar-refractivity contribution in [3.63, 3.8) is 0 Å². The minimum atomic E-state index is -3.56. The molecule has 0 spiro atoms. The van der Waals surface area contributed by atoms with Crippen LogP contribution in [0.25, 0.3) is 0 Å². The molecule has 1 aromatic carbocycles. The number of nitrogens with zero attached hydrogens (tertiary/aromatic N) is 5. The van der Waals surface area contributed by atoms with E-state index in [-0.39, 0.29) is 23.8 Å². The zero-order chi connectivity index (χ0) is 20.1. The van der Waals surface area contributed by atoms with Gasteiger partial charge in [0, 0.05) is 59.1 Å². The van der Waals surface area contributed by atoms with Crippen molar-refractivity contribution in [3.8, 4) is 0 Å². The standard InChI is InChI=1S/C19H25N5O3S/c1-21(2)28(26,27)24-12-15-11-23(19(25)18-20-9-10-22(18)3)13-16(15)17(24)14-7-5-4-6-8-14/h4-10,15-17H,11-13H2,1-3H3/t15-,16-,17+/m0/s1. The molecule has 2 saturated heterocycles. The van der Waals surface area contributed by atoms with Gasteiger partial charge in [-0.1, -0.05) is 30.3 Å². The summed E-state index contributed by atoms with van der Waals surface area (Å²) in [5.41, 5.74) is 0.965. The summed E-state index contributed by atoms with van der Waals surface area (Å²) in [5, 5.41) is 0. The van der Waals surface area contributed by atoms with Gasteiger partial charge in [-0.3, -0.25) is 4.79 Å². The molecule has 0 aliphatic carbocycles. The van der Waals surface area contributed by atoms with Crippen molar-refractivity contribution in [1.82, 2.24) is 23.1 Å². The van der Waals surface area contributed by atoms with Gasteiger partial charge < -0.3 is 9.47 Å². The van der Waals surface area contributed by atoms with E-state index in [1.165, 1.54) is 4.31 Å². The number of hydrogen-bond acceptors (Lipinski definition) is 4. The van der Waals surface area contributed by atoms with Crippen molar-refractivity contribution in [2.45, 2.75) is 6.04 Å². The molecule has 4 rings (SSSR count). The highest BCUT2D eigenvalue weighted by molar-refractivity contribution is 7.86. The van der Waals surface area contributed by atoms with E-state index < -0.39 is 10.2 Å². The smallest absolute Gasteiger partial charge is 0.289 e.